The molecule has 2 fully saturated rings. The summed E-state index contributed by atoms with van der Waals surface area (Å²) in [6.45, 7) is 7.86. The zero-order chi connectivity index (χ0) is 21.0. The molecule has 0 saturated carbocycles. The monoisotopic (exact) mass is 407 g/mol. The van der Waals surface area contributed by atoms with Gasteiger partial charge in [-0.05, 0) is 64.8 Å². The third kappa shape index (κ3) is 5.32. The lowest BCUT2D eigenvalue weighted by Crippen LogP contribution is -2.54. The molecule has 0 unspecified atom stereocenters. The second-order valence-electron chi connectivity index (χ2n) is 8.77. The van der Waals surface area contributed by atoms with Crippen LogP contribution in [0.4, 0.5) is 8.78 Å². The Balaban J connectivity index is 1.48. The Morgan fingerprint density at radius 1 is 1.07 bits per heavy atom. The Morgan fingerprint density at radius 3 is 2.34 bits per heavy atom. The molecule has 160 valence electrons. The lowest BCUT2D eigenvalue weighted by molar-refractivity contribution is -0.126. The van der Waals surface area contributed by atoms with E-state index in [1.54, 1.807) is 0 Å². The summed E-state index contributed by atoms with van der Waals surface area (Å²) >= 11 is 0. The summed E-state index contributed by atoms with van der Waals surface area (Å²) in [4.78, 5) is 29.1. The van der Waals surface area contributed by atoms with Gasteiger partial charge in [0, 0.05) is 37.2 Å². The van der Waals surface area contributed by atoms with Crippen LogP contribution in [0.5, 0.6) is 0 Å². The van der Waals surface area contributed by atoms with E-state index >= 15 is 0 Å². The van der Waals surface area contributed by atoms with Crippen molar-refractivity contribution in [1.29, 1.82) is 0 Å². The molecule has 5 nitrogen and oxygen atoms in total. The molecule has 7 heteroatoms. The van der Waals surface area contributed by atoms with Crippen LogP contribution >= 0.6 is 0 Å². The topological polar surface area (TPSA) is 52.7 Å². The molecule has 2 aliphatic heterocycles. The van der Waals surface area contributed by atoms with E-state index < -0.39 is 17.5 Å². The van der Waals surface area contributed by atoms with Crippen LogP contribution in [0, 0.1) is 17.6 Å². The molecule has 29 heavy (non-hydrogen) atoms. The van der Waals surface area contributed by atoms with Crippen molar-refractivity contribution in [2.75, 3.05) is 32.7 Å². The SMILES string of the molecule is CC(C)(CNC(=O)C1CCN(C(=O)c2ccc(F)cc2F)CC1)N1CCCCC1. The Hall–Kier alpha value is -2.02. The Morgan fingerprint density at radius 2 is 1.72 bits per heavy atom. The average Bonchev–Trinajstić information content (AvgIpc) is 2.72. The number of benzene rings is 1. The van der Waals surface area contributed by atoms with Crippen LogP contribution in [-0.2, 0) is 4.79 Å². The van der Waals surface area contributed by atoms with Crippen molar-refractivity contribution in [3.05, 3.63) is 35.4 Å². The quantitative estimate of drug-likeness (QED) is 0.816. The third-order valence-corrected chi connectivity index (χ3v) is 6.22. The van der Waals surface area contributed by atoms with Crippen molar-refractivity contribution >= 4 is 11.8 Å². The van der Waals surface area contributed by atoms with Crippen molar-refractivity contribution in [3.8, 4) is 0 Å². The summed E-state index contributed by atoms with van der Waals surface area (Å²) in [6, 6.07) is 2.98. The minimum Gasteiger partial charge on any atom is -0.354 e. The van der Waals surface area contributed by atoms with Gasteiger partial charge in [-0.15, -0.1) is 0 Å². The molecule has 0 bridgehead atoms. The van der Waals surface area contributed by atoms with Gasteiger partial charge in [0.1, 0.15) is 11.6 Å². The van der Waals surface area contributed by atoms with Crippen LogP contribution < -0.4 is 5.32 Å². The average molecular weight is 408 g/mol. The molecule has 0 radical (unpaired) electrons. The number of hydrogen-bond donors (Lipinski definition) is 1. The van der Waals surface area contributed by atoms with E-state index in [1.807, 2.05) is 0 Å². The highest BCUT2D eigenvalue weighted by Crippen LogP contribution is 2.23. The fourth-order valence-corrected chi connectivity index (χ4v) is 4.24. The predicted molar refractivity (Wildman–Crippen MR) is 107 cm³/mol. The lowest BCUT2D eigenvalue weighted by Gasteiger charge is -2.41. The van der Waals surface area contributed by atoms with Crippen LogP contribution in [-0.4, -0.2) is 59.9 Å². The number of rotatable bonds is 5. The molecule has 0 aliphatic carbocycles. The molecule has 1 aromatic rings. The minimum atomic E-state index is -0.852. The van der Waals surface area contributed by atoms with E-state index in [0.717, 1.165) is 25.2 Å². The summed E-state index contributed by atoms with van der Waals surface area (Å²) in [5.74, 6) is -2.13. The van der Waals surface area contributed by atoms with Gasteiger partial charge in [0.25, 0.3) is 5.91 Å². The van der Waals surface area contributed by atoms with Gasteiger partial charge in [-0.1, -0.05) is 6.42 Å². The maximum absolute atomic E-state index is 13.9. The van der Waals surface area contributed by atoms with Gasteiger partial charge in [0.15, 0.2) is 0 Å². The van der Waals surface area contributed by atoms with Gasteiger partial charge < -0.3 is 10.2 Å². The highest BCUT2D eigenvalue weighted by molar-refractivity contribution is 5.94. The minimum absolute atomic E-state index is 0.0233. The molecule has 2 saturated heterocycles. The van der Waals surface area contributed by atoms with Crippen LogP contribution in [0.2, 0.25) is 0 Å². The summed E-state index contributed by atoms with van der Waals surface area (Å²) in [7, 11) is 0. The van der Waals surface area contributed by atoms with E-state index in [4.69, 9.17) is 0 Å². The normalized spacial score (nSPS) is 19.2. The number of nitrogens with zero attached hydrogens (tertiary/aromatic N) is 2. The van der Waals surface area contributed by atoms with Gasteiger partial charge in [-0.25, -0.2) is 8.78 Å². The van der Waals surface area contributed by atoms with Crippen molar-refractivity contribution in [1.82, 2.24) is 15.1 Å². The molecule has 2 heterocycles. The van der Waals surface area contributed by atoms with Gasteiger partial charge in [0.2, 0.25) is 5.91 Å². The van der Waals surface area contributed by atoms with Gasteiger partial charge >= 0.3 is 0 Å². The molecule has 2 amide bonds. The lowest BCUT2D eigenvalue weighted by atomic mass is 9.94. The first-order valence-corrected chi connectivity index (χ1v) is 10.5. The number of amides is 2. The molecule has 0 atom stereocenters. The van der Waals surface area contributed by atoms with Crippen molar-refractivity contribution in [2.45, 2.75) is 51.5 Å². The van der Waals surface area contributed by atoms with Gasteiger partial charge in [-0.2, -0.15) is 0 Å². The summed E-state index contributed by atoms with van der Waals surface area (Å²) in [5.41, 5.74) is -0.204. The first-order valence-electron chi connectivity index (χ1n) is 10.5. The highest BCUT2D eigenvalue weighted by Gasteiger charge is 2.32. The molecule has 0 aromatic heterocycles. The van der Waals surface area contributed by atoms with Crippen molar-refractivity contribution in [3.63, 3.8) is 0 Å². The number of carbonyl (C=O) groups is 2. The summed E-state index contributed by atoms with van der Waals surface area (Å²) in [6.07, 6.45) is 4.78. The summed E-state index contributed by atoms with van der Waals surface area (Å²) in [5, 5.41) is 3.10. The van der Waals surface area contributed by atoms with E-state index in [1.165, 1.54) is 30.2 Å². The number of likely N-dealkylation sites (tertiary alicyclic amines) is 2. The number of halogens is 2. The molecule has 3 rings (SSSR count). The summed E-state index contributed by atoms with van der Waals surface area (Å²) < 4.78 is 26.9. The van der Waals surface area contributed by atoms with E-state index in [2.05, 4.69) is 24.1 Å². The van der Waals surface area contributed by atoms with Crippen LogP contribution in [0.1, 0.15) is 56.3 Å². The van der Waals surface area contributed by atoms with Gasteiger partial charge in [-0.3, -0.25) is 14.5 Å². The fourth-order valence-electron chi connectivity index (χ4n) is 4.24. The second kappa shape index (κ2) is 9.20. The fraction of sp³-hybridized carbons (Fsp3) is 0.636. The number of hydrogen-bond acceptors (Lipinski definition) is 3. The highest BCUT2D eigenvalue weighted by atomic mass is 19.1. The number of nitrogens with one attached hydrogen (secondary N) is 1. The molecular weight excluding hydrogens is 376 g/mol. The van der Waals surface area contributed by atoms with Crippen molar-refractivity contribution in [2.24, 2.45) is 5.92 Å². The molecule has 2 aliphatic rings. The Kier molecular flexibility index (Phi) is 6.88. The molecule has 1 N–H and O–H groups in total. The predicted octanol–water partition coefficient (Wildman–Crippen LogP) is 3.20. The van der Waals surface area contributed by atoms with Crippen molar-refractivity contribution < 1.29 is 18.4 Å². The second-order valence-corrected chi connectivity index (χ2v) is 8.77. The van der Waals surface area contributed by atoms with E-state index in [0.29, 0.717) is 32.5 Å². The standard InChI is InChI=1S/C22H31F2N3O2/c1-22(2,27-10-4-3-5-11-27)15-25-20(28)16-8-12-26(13-9-16)21(29)18-7-6-17(23)14-19(18)24/h6-7,14,16H,3-5,8-13,15H2,1-2H3,(H,25,28). The molecular formula is C22H31F2N3O2. The first kappa shape index (κ1) is 21.7. The molecule has 0 spiro atoms. The zero-order valence-electron chi connectivity index (χ0n) is 17.3. The maximum Gasteiger partial charge on any atom is 0.256 e. The first-order chi connectivity index (χ1) is 13.8. The maximum atomic E-state index is 13.9. The van der Waals surface area contributed by atoms with Crippen LogP contribution in [0.15, 0.2) is 18.2 Å². The third-order valence-electron chi connectivity index (χ3n) is 6.22. The van der Waals surface area contributed by atoms with Gasteiger partial charge in [0.05, 0.1) is 5.56 Å². The smallest absolute Gasteiger partial charge is 0.256 e. The largest absolute Gasteiger partial charge is 0.354 e. The van der Waals surface area contributed by atoms with E-state index in [9.17, 15) is 18.4 Å². The number of piperidine rings is 2. The van der Waals surface area contributed by atoms with Crippen LogP contribution in [0.3, 0.4) is 0 Å². The Labute approximate surface area is 171 Å². The zero-order valence-corrected chi connectivity index (χ0v) is 17.3. The van der Waals surface area contributed by atoms with Crippen LogP contribution in [0.25, 0.3) is 0 Å². The Bertz CT molecular complexity index is 740. The van der Waals surface area contributed by atoms with E-state index in [-0.39, 0.29) is 22.9 Å². The molecule has 1 aromatic carbocycles. The number of carbonyl (C=O) groups excluding carboxylic acids is 2.